The molecule has 3 heterocycles. The van der Waals surface area contributed by atoms with E-state index in [1.54, 1.807) is 29.3 Å². The average molecular weight is 197 g/mol. The molecule has 0 aliphatic carbocycles. The van der Waals surface area contributed by atoms with Crippen molar-refractivity contribution in [1.82, 2.24) is 24.8 Å². The van der Waals surface area contributed by atoms with Gasteiger partial charge >= 0.3 is 0 Å². The largest absolute Gasteiger partial charge is 0.235 e. The van der Waals surface area contributed by atoms with Crippen LogP contribution in [0, 0.1) is 0 Å². The molecule has 0 unspecified atom stereocenters. The summed E-state index contributed by atoms with van der Waals surface area (Å²) in [5, 5.41) is 11.8. The molecule has 0 bridgehead atoms. The lowest BCUT2D eigenvalue weighted by Gasteiger charge is -1.98. The van der Waals surface area contributed by atoms with Crippen LogP contribution in [0.4, 0.5) is 0 Å². The molecular formula is C10H7N5. The van der Waals surface area contributed by atoms with Crippen LogP contribution in [0.5, 0.6) is 0 Å². The van der Waals surface area contributed by atoms with E-state index in [0.717, 1.165) is 16.9 Å². The SMILES string of the molecule is c1cnn2c(-c3ccnnc3)cnc2c1. The number of aromatic nitrogens is 5. The van der Waals surface area contributed by atoms with Gasteiger partial charge in [-0.2, -0.15) is 15.3 Å². The molecular weight excluding hydrogens is 190 g/mol. The molecule has 0 saturated carbocycles. The smallest absolute Gasteiger partial charge is 0.154 e. The number of fused-ring (bicyclic) bond motifs is 1. The van der Waals surface area contributed by atoms with Gasteiger partial charge in [-0.15, -0.1) is 0 Å². The number of rotatable bonds is 1. The lowest BCUT2D eigenvalue weighted by Crippen LogP contribution is -1.93. The lowest BCUT2D eigenvalue weighted by atomic mass is 10.2. The third-order valence-corrected chi connectivity index (χ3v) is 2.16. The fourth-order valence-corrected chi connectivity index (χ4v) is 1.47. The minimum absolute atomic E-state index is 0.823. The Labute approximate surface area is 85.4 Å². The van der Waals surface area contributed by atoms with E-state index < -0.39 is 0 Å². The first-order chi connectivity index (χ1) is 7.45. The summed E-state index contributed by atoms with van der Waals surface area (Å²) in [6.45, 7) is 0. The molecule has 0 fully saturated rings. The van der Waals surface area contributed by atoms with E-state index in [0.29, 0.717) is 0 Å². The average Bonchev–Trinajstić information content (AvgIpc) is 2.74. The first kappa shape index (κ1) is 8.05. The molecule has 5 nitrogen and oxygen atoms in total. The summed E-state index contributed by atoms with van der Waals surface area (Å²) in [5.74, 6) is 0. The van der Waals surface area contributed by atoms with Crippen molar-refractivity contribution in [2.24, 2.45) is 0 Å². The van der Waals surface area contributed by atoms with E-state index in [9.17, 15) is 0 Å². The highest BCUT2D eigenvalue weighted by molar-refractivity contribution is 5.61. The van der Waals surface area contributed by atoms with Gasteiger partial charge < -0.3 is 0 Å². The van der Waals surface area contributed by atoms with Crippen LogP contribution in [0.2, 0.25) is 0 Å². The second-order valence-electron chi connectivity index (χ2n) is 3.07. The lowest BCUT2D eigenvalue weighted by molar-refractivity contribution is 0.937. The van der Waals surface area contributed by atoms with Gasteiger partial charge in [0.1, 0.15) is 0 Å². The third kappa shape index (κ3) is 1.25. The number of hydrogen-bond donors (Lipinski definition) is 0. The minimum Gasteiger partial charge on any atom is -0.235 e. The Hall–Kier alpha value is -2.30. The van der Waals surface area contributed by atoms with Gasteiger partial charge in [0, 0.05) is 11.8 Å². The van der Waals surface area contributed by atoms with Gasteiger partial charge in [0.25, 0.3) is 0 Å². The maximum Gasteiger partial charge on any atom is 0.154 e. The minimum atomic E-state index is 0.823. The predicted octanol–water partition coefficient (Wildman–Crippen LogP) is 1.19. The van der Waals surface area contributed by atoms with Crippen LogP contribution in [-0.4, -0.2) is 24.8 Å². The molecule has 3 aromatic rings. The van der Waals surface area contributed by atoms with Crippen molar-refractivity contribution in [2.45, 2.75) is 0 Å². The topological polar surface area (TPSA) is 56.0 Å². The number of imidazole rings is 1. The summed E-state index contributed by atoms with van der Waals surface area (Å²) in [7, 11) is 0. The zero-order valence-electron chi connectivity index (χ0n) is 7.78. The summed E-state index contributed by atoms with van der Waals surface area (Å²) >= 11 is 0. The third-order valence-electron chi connectivity index (χ3n) is 2.16. The summed E-state index contributed by atoms with van der Waals surface area (Å²) in [4.78, 5) is 4.25. The predicted molar refractivity (Wildman–Crippen MR) is 54.0 cm³/mol. The van der Waals surface area contributed by atoms with Crippen molar-refractivity contribution < 1.29 is 0 Å². The van der Waals surface area contributed by atoms with Crippen molar-refractivity contribution in [3.8, 4) is 11.3 Å². The van der Waals surface area contributed by atoms with E-state index >= 15 is 0 Å². The van der Waals surface area contributed by atoms with Gasteiger partial charge in [-0.3, -0.25) is 0 Å². The molecule has 5 heteroatoms. The highest BCUT2D eigenvalue weighted by Crippen LogP contribution is 2.17. The number of hydrogen-bond acceptors (Lipinski definition) is 4. The summed E-state index contributed by atoms with van der Waals surface area (Å²) in [6.07, 6.45) is 6.85. The Morgan fingerprint density at radius 1 is 1.00 bits per heavy atom. The summed E-state index contributed by atoms with van der Waals surface area (Å²) in [6, 6.07) is 5.65. The molecule has 0 amide bonds. The van der Waals surface area contributed by atoms with Crippen LogP contribution in [0.25, 0.3) is 16.9 Å². The molecule has 0 aliphatic rings. The van der Waals surface area contributed by atoms with E-state index in [-0.39, 0.29) is 0 Å². The van der Waals surface area contributed by atoms with E-state index in [4.69, 9.17) is 0 Å². The van der Waals surface area contributed by atoms with Crippen LogP contribution < -0.4 is 0 Å². The van der Waals surface area contributed by atoms with E-state index in [2.05, 4.69) is 20.3 Å². The van der Waals surface area contributed by atoms with Crippen molar-refractivity contribution in [2.75, 3.05) is 0 Å². The normalized spacial score (nSPS) is 10.7. The van der Waals surface area contributed by atoms with E-state index in [1.807, 2.05) is 18.2 Å². The van der Waals surface area contributed by atoms with Gasteiger partial charge in [-0.1, -0.05) is 0 Å². The van der Waals surface area contributed by atoms with Crippen LogP contribution in [-0.2, 0) is 0 Å². The molecule has 3 aromatic heterocycles. The second kappa shape index (κ2) is 3.13. The maximum atomic E-state index is 4.25. The maximum absolute atomic E-state index is 4.25. The molecule has 0 spiro atoms. The second-order valence-corrected chi connectivity index (χ2v) is 3.07. The summed E-state index contributed by atoms with van der Waals surface area (Å²) in [5.41, 5.74) is 2.70. The van der Waals surface area contributed by atoms with Crippen molar-refractivity contribution in [3.63, 3.8) is 0 Å². The molecule has 72 valence electrons. The first-order valence-electron chi connectivity index (χ1n) is 4.51. The molecule has 0 saturated heterocycles. The Morgan fingerprint density at radius 3 is 2.87 bits per heavy atom. The number of nitrogens with zero attached hydrogens (tertiary/aromatic N) is 5. The molecule has 0 radical (unpaired) electrons. The standard InChI is InChI=1S/C10H7N5/c1-2-10-11-7-9(15(10)14-4-1)8-3-5-12-13-6-8/h1-7H. The fourth-order valence-electron chi connectivity index (χ4n) is 1.47. The van der Waals surface area contributed by atoms with Gasteiger partial charge in [0.15, 0.2) is 5.65 Å². The Balaban J connectivity index is 2.28. The van der Waals surface area contributed by atoms with Gasteiger partial charge in [0.2, 0.25) is 0 Å². The Bertz CT molecular complexity index is 587. The quantitative estimate of drug-likeness (QED) is 0.588. The highest BCUT2D eigenvalue weighted by Gasteiger charge is 2.05. The monoisotopic (exact) mass is 197 g/mol. The van der Waals surface area contributed by atoms with Gasteiger partial charge in [-0.25, -0.2) is 9.50 Å². The first-order valence-corrected chi connectivity index (χ1v) is 4.51. The molecule has 15 heavy (non-hydrogen) atoms. The molecule has 0 aliphatic heterocycles. The van der Waals surface area contributed by atoms with Gasteiger partial charge in [0.05, 0.1) is 24.3 Å². The van der Waals surface area contributed by atoms with Crippen molar-refractivity contribution in [1.29, 1.82) is 0 Å². The van der Waals surface area contributed by atoms with Crippen LogP contribution in [0.1, 0.15) is 0 Å². The van der Waals surface area contributed by atoms with Crippen molar-refractivity contribution in [3.05, 3.63) is 43.0 Å². The Kier molecular flexibility index (Phi) is 1.68. The fraction of sp³-hybridized carbons (Fsp3) is 0. The van der Waals surface area contributed by atoms with Crippen LogP contribution in [0.15, 0.2) is 43.0 Å². The summed E-state index contributed by atoms with van der Waals surface area (Å²) < 4.78 is 1.77. The van der Waals surface area contributed by atoms with Gasteiger partial charge in [-0.05, 0) is 18.2 Å². The Morgan fingerprint density at radius 2 is 2.00 bits per heavy atom. The van der Waals surface area contributed by atoms with Crippen LogP contribution in [0.3, 0.4) is 0 Å². The molecule has 0 aromatic carbocycles. The van der Waals surface area contributed by atoms with Crippen molar-refractivity contribution >= 4 is 5.65 Å². The van der Waals surface area contributed by atoms with E-state index in [1.165, 1.54) is 0 Å². The molecule has 3 rings (SSSR count). The highest BCUT2D eigenvalue weighted by atomic mass is 15.2. The molecule has 0 N–H and O–H groups in total. The molecule has 0 atom stereocenters. The zero-order chi connectivity index (χ0) is 10.1. The zero-order valence-corrected chi connectivity index (χ0v) is 7.78. The van der Waals surface area contributed by atoms with Crippen LogP contribution >= 0.6 is 0 Å².